The summed E-state index contributed by atoms with van der Waals surface area (Å²) in [6.45, 7) is 1.74. The number of carboxylic acids is 2. The van der Waals surface area contributed by atoms with Gasteiger partial charge in [0, 0.05) is 0 Å². The van der Waals surface area contributed by atoms with E-state index >= 15 is 0 Å². The molecule has 1 heterocycles. The lowest BCUT2D eigenvalue weighted by Crippen LogP contribution is -2.08. The highest BCUT2D eigenvalue weighted by atomic mass is 79.9. The molecule has 10 heteroatoms. The first kappa shape index (κ1) is 22.1. The maximum Gasteiger partial charge on any atom is 0.337 e. The van der Waals surface area contributed by atoms with Crippen molar-refractivity contribution < 1.29 is 19.8 Å². The predicted octanol–water partition coefficient (Wildman–Crippen LogP) is 4.85. The molecule has 0 unspecified atom stereocenters. The molecule has 8 nitrogen and oxygen atoms in total. The van der Waals surface area contributed by atoms with Crippen molar-refractivity contribution in [1.29, 1.82) is 0 Å². The highest BCUT2D eigenvalue weighted by molar-refractivity contribution is 9.10. The number of nitrogens with zero attached hydrogens (tertiary/aromatic N) is 2. The van der Waals surface area contributed by atoms with E-state index in [0.717, 1.165) is 0 Å². The van der Waals surface area contributed by atoms with Crippen LogP contribution in [0.2, 0.25) is 0 Å². The smallest absolute Gasteiger partial charge is 0.337 e. The van der Waals surface area contributed by atoms with E-state index in [2.05, 4.69) is 36.5 Å². The molecule has 0 radical (unpaired) electrons. The lowest BCUT2D eigenvalue weighted by molar-refractivity contribution is 0.0687. The number of hydrogen-bond acceptors (Lipinski definition) is 6. The molecular formula is C19H16BrClN4O4. The molecule has 4 N–H and O–H groups in total. The van der Waals surface area contributed by atoms with Crippen molar-refractivity contribution >= 4 is 63.4 Å². The van der Waals surface area contributed by atoms with Crippen molar-refractivity contribution in [3.8, 4) is 0 Å². The Morgan fingerprint density at radius 1 is 0.862 bits per heavy atom. The van der Waals surface area contributed by atoms with Crippen LogP contribution in [0.25, 0.3) is 0 Å². The lowest BCUT2D eigenvalue weighted by atomic mass is 10.2. The molecule has 0 atom stereocenters. The second kappa shape index (κ2) is 9.35. The zero-order valence-electron chi connectivity index (χ0n) is 15.0. The third-order valence-corrected chi connectivity index (χ3v) is 4.78. The molecule has 3 rings (SSSR count). The monoisotopic (exact) mass is 478 g/mol. The minimum Gasteiger partial charge on any atom is -0.478 e. The molecule has 150 valence electrons. The maximum atomic E-state index is 11.4. The maximum absolute atomic E-state index is 11.4. The van der Waals surface area contributed by atoms with Gasteiger partial charge >= 0.3 is 11.9 Å². The average Bonchev–Trinajstić information content (AvgIpc) is 2.66. The van der Waals surface area contributed by atoms with Gasteiger partial charge in [-0.2, -0.15) is 4.98 Å². The molecule has 29 heavy (non-hydrogen) atoms. The number of carbonyl (C=O) groups is 2. The summed E-state index contributed by atoms with van der Waals surface area (Å²) in [7, 11) is 0. The van der Waals surface area contributed by atoms with E-state index in [1.807, 2.05) is 0 Å². The Kier molecular flexibility index (Phi) is 7.13. The molecule has 0 aliphatic heterocycles. The fourth-order valence-corrected chi connectivity index (χ4v) is 2.78. The van der Waals surface area contributed by atoms with E-state index in [1.165, 1.54) is 12.1 Å². The SMILES string of the molecule is Cc1nc(Nc2ccccc2C(=O)O)nc(Nc2ccccc2C(=O)O)c1Br.Cl. The first-order valence-electron chi connectivity index (χ1n) is 8.09. The predicted molar refractivity (Wildman–Crippen MR) is 115 cm³/mol. The fraction of sp³-hybridized carbons (Fsp3) is 0.0526. The Morgan fingerprint density at radius 2 is 1.34 bits per heavy atom. The third kappa shape index (κ3) is 5.01. The second-order valence-corrected chi connectivity index (χ2v) is 6.54. The molecule has 0 saturated heterocycles. The van der Waals surface area contributed by atoms with E-state index in [9.17, 15) is 19.8 Å². The summed E-state index contributed by atoms with van der Waals surface area (Å²) in [5, 5.41) is 24.6. The summed E-state index contributed by atoms with van der Waals surface area (Å²) in [5.74, 6) is -1.63. The lowest BCUT2D eigenvalue weighted by Gasteiger charge is -2.14. The Hall–Kier alpha value is -3.17. The molecule has 2 aromatic carbocycles. The van der Waals surface area contributed by atoms with Gasteiger partial charge in [-0.3, -0.25) is 0 Å². The van der Waals surface area contributed by atoms with Gasteiger partial charge in [-0.1, -0.05) is 24.3 Å². The number of aromatic carboxylic acids is 2. The van der Waals surface area contributed by atoms with Crippen molar-refractivity contribution in [2.75, 3.05) is 10.6 Å². The Morgan fingerprint density at radius 3 is 1.86 bits per heavy atom. The number of para-hydroxylation sites is 2. The van der Waals surface area contributed by atoms with Crippen LogP contribution in [0.15, 0.2) is 53.0 Å². The van der Waals surface area contributed by atoms with Crippen molar-refractivity contribution in [3.63, 3.8) is 0 Å². The van der Waals surface area contributed by atoms with Gasteiger partial charge < -0.3 is 20.8 Å². The van der Waals surface area contributed by atoms with Gasteiger partial charge in [0.2, 0.25) is 5.95 Å². The van der Waals surface area contributed by atoms with Crippen molar-refractivity contribution in [2.24, 2.45) is 0 Å². The minimum atomic E-state index is -1.08. The van der Waals surface area contributed by atoms with E-state index < -0.39 is 11.9 Å². The summed E-state index contributed by atoms with van der Waals surface area (Å²) < 4.78 is 0.560. The average molecular weight is 480 g/mol. The molecule has 0 aliphatic rings. The summed E-state index contributed by atoms with van der Waals surface area (Å²) in [6.07, 6.45) is 0. The molecule has 1 aromatic heterocycles. The van der Waals surface area contributed by atoms with Gasteiger partial charge in [-0.15, -0.1) is 12.4 Å². The zero-order chi connectivity index (χ0) is 20.3. The number of hydrogen-bond donors (Lipinski definition) is 4. The van der Waals surface area contributed by atoms with Crippen LogP contribution < -0.4 is 10.6 Å². The first-order chi connectivity index (χ1) is 13.4. The Labute approximate surface area is 180 Å². The van der Waals surface area contributed by atoms with Gasteiger partial charge in [-0.05, 0) is 47.1 Å². The van der Waals surface area contributed by atoms with Crippen LogP contribution in [-0.2, 0) is 0 Å². The van der Waals surface area contributed by atoms with Gasteiger partial charge in [0.05, 0.1) is 32.7 Å². The summed E-state index contributed by atoms with van der Waals surface area (Å²) in [4.78, 5) is 31.5. The molecule has 0 fully saturated rings. The van der Waals surface area contributed by atoms with Gasteiger partial charge in [-0.25, -0.2) is 14.6 Å². The molecule has 0 bridgehead atoms. The normalized spacial score (nSPS) is 10.0. The Balaban J connectivity index is 0.00000300. The number of anilines is 4. The van der Waals surface area contributed by atoms with E-state index in [1.54, 1.807) is 43.3 Å². The van der Waals surface area contributed by atoms with Crippen molar-refractivity contribution in [3.05, 3.63) is 69.8 Å². The number of aryl methyl sites for hydroxylation is 1. The topological polar surface area (TPSA) is 124 Å². The number of carboxylic acid groups (broad SMARTS) is 2. The summed E-state index contributed by atoms with van der Waals surface area (Å²) in [6, 6.07) is 12.8. The molecule has 0 saturated carbocycles. The fourth-order valence-electron chi connectivity index (χ4n) is 2.50. The molecule has 0 amide bonds. The van der Waals surface area contributed by atoms with Crippen LogP contribution in [0.5, 0.6) is 0 Å². The second-order valence-electron chi connectivity index (χ2n) is 5.75. The van der Waals surface area contributed by atoms with Gasteiger partial charge in [0.1, 0.15) is 0 Å². The van der Waals surface area contributed by atoms with Crippen LogP contribution in [0.1, 0.15) is 26.4 Å². The van der Waals surface area contributed by atoms with Gasteiger partial charge in [0.15, 0.2) is 5.82 Å². The van der Waals surface area contributed by atoms with Crippen LogP contribution in [-0.4, -0.2) is 32.1 Å². The third-order valence-electron chi connectivity index (χ3n) is 3.83. The summed E-state index contributed by atoms with van der Waals surface area (Å²) >= 11 is 3.40. The number of halogens is 2. The molecule has 0 spiro atoms. The quantitative estimate of drug-likeness (QED) is 0.395. The molecule has 3 aromatic rings. The highest BCUT2D eigenvalue weighted by Crippen LogP contribution is 2.30. The van der Waals surface area contributed by atoms with Crippen LogP contribution in [0.3, 0.4) is 0 Å². The number of rotatable bonds is 6. The highest BCUT2D eigenvalue weighted by Gasteiger charge is 2.16. The molecule has 0 aliphatic carbocycles. The first-order valence-corrected chi connectivity index (χ1v) is 8.89. The largest absolute Gasteiger partial charge is 0.478 e. The Bertz CT molecular complexity index is 1080. The van der Waals surface area contributed by atoms with Crippen molar-refractivity contribution in [1.82, 2.24) is 9.97 Å². The zero-order valence-corrected chi connectivity index (χ0v) is 17.4. The number of aromatic nitrogens is 2. The minimum absolute atomic E-state index is 0. The van der Waals surface area contributed by atoms with Crippen LogP contribution in [0.4, 0.5) is 23.1 Å². The summed E-state index contributed by atoms with van der Waals surface area (Å²) in [5.41, 5.74) is 1.47. The number of benzene rings is 2. The van der Waals surface area contributed by atoms with E-state index in [-0.39, 0.29) is 29.5 Å². The van der Waals surface area contributed by atoms with Crippen LogP contribution >= 0.6 is 28.3 Å². The standard InChI is InChI=1S/C19H15BrN4O4.ClH/c1-10-15(20)16(22-13-8-4-2-6-11(13)17(25)26)24-19(21-10)23-14-9-5-3-7-12(14)18(27)28;/h2-9H,1H3,(H,25,26)(H,27,28)(H2,21,22,23,24);1H. The van der Waals surface area contributed by atoms with E-state index in [0.29, 0.717) is 27.4 Å². The van der Waals surface area contributed by atoms with Gasteiger partial charge in [0.25, 0.3) is 0 Å². The van der Waals surface area contributed by atoms with E-state index in [4.69, 9.17) is 0 Å². The molecular weight excluding hydrogens is 464 g/mol. The number of nitrogens with one attached hydrogen (secondary N) is 2. The van der Waals surface area contributed by atoms with Crippen LogP contribution in [0, 0.1) is 6.92 Å². The van der Waals surface area contributed by atoms with Crippen molar-refractivity contribution in [2.45, 2.75) is 6.92 Å².